The largest absolute Gasteiger partial charge is 0.355 e. The summed E-state index contributed by atoms with van der Waals surface area (Å²) in [4.78, 5) is 0. The van der Waals surface area contributed by atoms with E-state index in [0.717, 1.165) is 64.1 Å². The topological polar surface area (TPSA) is 26.0 Å². The average molecular weight is 361 g/mol. The minimum Gasteiger partial charge on any atom is -0.355 e. The number of rotatable bonds is 5. The third-order valence-corrected chi connectivity index (χ3v) is 5.29. The van der Waals surface area contributed by atoms with Crippen molar-refractivity contribution in [3.8, 4) is 22.6 Å². The Kier molecular flexibility index (Phi) is 4.69. The predicted octanol–water partition coefficient (Wildman–Crippen LogP) is 6.42. The van der Waals surface area contributed by atoms with Crippen molar-refractivity contribution in [2.75, 3.05) is 0 Å². The van der Waals surface area contributed by atoms with Gasteiger partial charge in [0.25, 0.3) is 0 Å². The van der Waals surface area contributed by atoms with E-state index in [4.69, 9.17) is 4.52 Å². The van der Waals surface area contributed by atoms with E-state index in [1.807, 2.05) is 24.3 Å². The molecule has 2 aromatic carbocycles. The van der Waals surface area contributed by atoms with Crippen molar-refractivity contribution in [1.82, 2.24) is 5.16 Å². The van der Waals surface area contributed by atoms with Gasteiger partial charge in [0, 0.05) is 16.7 Å². The van der Waals surface area contributed by atoms with Gasteiger partial charge in [0.05, 0.1) is 0 Å². The molecule has 0 spiro atoms. The molecule has 0 saturated heterocycles. The Hall–Kier alpha value is -2.68. The van der Waals surface area contributed by atoms with Crippen LogP contribution in [0.2, 0.25) is 0 Å². The second-order valence-corrected chi connectivity index (χ2v) is 7.67. The number of alkyl halides is 1. The quantitative estimate of drug-likeness (QED) is 0.524. The molecule has 0 aliphatic heterocycles. The zero-order valence-corrected chi connectivity index (χ0v) is 15.9. The highest BCUT2D eigenvalue weighted by Gasteiger charge is 2.25. The normalized spacial score (nSPS) is 12.7. The summed E-state index contributed by atoms with van der Waals surface area (Å²) in [5.74, 6) is 1.27. The molecule has 27 heavy (non-hydrogen) atoms. The number of nitrogens with zero attached hydrogens (tertiary/aromatic N) is 1. The summed E-state index contributed by atoms with van der Waals surface area (Å²) in [6.07, 6.45) is 4.56. The molecule has 1 aromatic heterocycles. The fraction of sp³-hybridized carbons (Fsp3) is 0.292. The van der Waals surface area contributed by atoms with Crippen molar-refractivity contribution in [3.05, 3.63) is 70.8 Å². The second kappa shape index (κ2) is 7.15. The van der Waals surface area contributed by atoms with Crippen LogP contribution in [0.1, 0.15) is 41.7 Å². The summed E-state index contributed by atoms with van der Waals surface area (Å²) in [6, 6.07) is 12.3. The number of hydrogen-bond donors (Lipinski definition) is 0. The lowest BCUT2D eigenvalue weighted by atomic mass is 9.86. The Labute approximate surface area is 159 Å². The van der Waals surface area contributed by atoms with Crippen LogP contribution in [0.25, 0.3) is 28.7 Å². The van der Waals surface area contributed by atoms with Gasteiger partial charge in [-0.1, -0.05) is 62.0 Å². The van der Waals surface area contributed by atoms with E-state index in [2.05, 4.69) is 43.8 Å². The van der Waals surface area contributed by atoms with Crippen LogP contribution in [0.15, 0.2) is 47.5 Å². The minimum atomic E-state index is -0.459. The molecule has 3 aromatic rings. The monoisotopic (exact) mass is 361 g/mol. The smallest absolute Gasteiger partial charge is 0.170 e. The highest BCUT2D eigenvalue weighted by atomic mass is 19.1. The summed E-state index contributed by atoms with van der Waals surface area (Å²) in [6.45, 7) is 7.69. The molecule has 1 aliphatic rings. The van der Waals surface area contributed by atoms with E-state index in [0.29, 0.717) is 5.92 Å². The molecule has 0 radical (unpaired) electrons. The van der Waals surface area contributed by atoms with Crippen LogP contribution in [0.5, 0.6) is 0 Å². The Morgan fingerprint density at radius 3 is 2.74 bits per heavy atom. The first-order valence-corrected chi connectivity index (χ1v) is 9.53. The van der Waals surface area contributed by atoms with Gasteiger partial charge in [-0.25, -0.2) is 4.39 Å². The highest BCUT2D eigenvalue weighted by molar-refractivity contribution is 5.77. The van der Waals surface area contributed by atoms with Gasteiger partial charge < -0.3 is 4.52 Å². The van der Waals surface area contributed by atoms with E-state index >= 15 is 0 Å². The summed E-state index contributed by atoms with van der Waals surface area (Å²) in [5, 5.41) is 4.36. The molecule has 4 rings (SSSR count). The predicted molar refractivity (Wildman–Crippen MR) is 108 cm³/mol. The summed E-state index contributed by atoms with van der Waals surface area (Å²) >= 11 is 0. The first-order chi connectivity index (χ1) is 13.1. The van der Waals surface area contributed by atoms with Crippen LogP contribution in [-0.4, -0.2) is 5.16 Å². The van der Waals surface area contributed by atoms with Gasteiger partial charge in [-0.05, 0) is 53.5 Å². The van der Waals surface area contributed by atoms with Crippen LogP contribution < -0.4 is 0 Å². The van der Waals surface area contributed by atoms with Crippen LogP contribution in [0.3, 0.4) is 0 Å². The van der Waals surface area contributed by atoms with Crippen molar-refractivity contribution in [3.63, 3.8) is 0 Å². The zero-order chi connectivity index (χ0) is 19.0. The molecule has 0 unspecified atom stereocenters. The van der Waals surface area contributed by atoms with Gasteiger partial charge >= 0.3 is 0 Å². The van der Waals surface area contributed by atoms with Crippen LogP contribution in [0, 0.1) is 5.92 Å². The zero-order valence-electron chi connectivity index (χ0n) is 15.9. The first-order valence-electron chi connectivity index (χ1n) is 9.53. The first kappa shape index (κ1) is 17.7. The van der Waals surface area contributed by atoms with E-state index in [9.17, 15) is 4.39 Å². The van der Waals surface area contributed by atoms with Crippen LogP contribution >= 0.6 is 0 Å². The summed E-state index contributed by atoms with van der Waals surface area (Å²) in [5.41, 5.74) is 8.29. The fourth-order valence-corrected chi connectivity index (χ4v) is 3.95. The van der Waals surface area contributed by atoms with Gasteiger partial charge in [-0.15, -0.1) is 0 Å². The molecule has 0 saturated carbocycles. The molecule has 0 bridgehead atoms. The van der Waals surface area contributed by atoms with Gasteiger partial charge in [0.2, 0.25) is 0 Å². The van der Waals surface area contributed by atoms with E-state index < -0.39 is 6.67 Å². The van der Waals surface area contributed by atoms with Crippen molar-refractivity contribution < 1.29 is 8.91 Å². The molecule has 3 heteroatoms. The third-order valence-electron chi connectivity index (χ3n) is 5.29. The standard InChI is InChI=1S/C24H24FNO/c1-4-16-5-9-21-18(12-16)8-10-22-23(21)26-27-24(22)19-7-6-17(11-15(2)3)20(13-19)14-25/h4-7,9,12-13,15H,1,8,10-11,14H2,2-3H3. The van der Waals surface area contributed by atoms with E-state index in [-0.39, 0.29) is 0 Å². The van der Waals surface area contributed by atoms with Gasteiger partial charge in [0.1, 0.15) is 12.4 Å². The molecule has 138 valence electrons. The Morgan fingerprint density at radius 1 is 1.15 bits per heavy atom. The van der Waals surface area contributed by atoms with Gasteiger partial charge in [-0.2, -0.15) is 0 Å². The van der Waals surface area contributed by atoms with E-state index in [1.165, 1.54) is 5.56 Å². The molecule has 1 heterocycles. The number of aryl methyl sites for hydroxylation is 1. The highest BCUT2D eigenvalue weighted by Crippen LogP contribution is 2.39. The maximum atomic E-state index is 13.6. The Balaban J connectivity index is 1.75. The number of halogens is 1. The van der Waals surface area contributed by atoms with E-state index in [1.54, 1.807) is 0 Å². The lowest BCUT2D eigenvalue weighted by molar-refractivity contribution is 0.434. The number of fused-ring (bicyclic) bond motifs is 3. The van der Waals surface area contributed by atoms with Crippen molar-refractivity contribution >= 4 is 6.08 Å². The van der Waals surface area contributed by atoms with Crippen molar-refractivity contribution in [1.29, 1.82) is 0 Å². The summed E-state index contributed by atoms with van der Waals surface area (Å²) < 4.78 is 19.4. The third kappa shape index (κ3) is 3.23. The SMILES string of the molecule is C=Cc1ccc2c(c1)CCc1c-2noc1-c1ccc(CC(C)C)c(CF)c1. The maximum absolute atomic E-state index is 13.6. The second-order valence-electron chi connectivity index (χ2n) is 7.67. The number of aromatic nitrogens is 1. The molecule has 0 amide bonds. The number of hydrogen-bond acceptors (Lipinski definition) is 2. The molecule has 1 aliphatic carbocycles. The molecular weight excluding hydrogens is 337 g/mol. The van der Waals surface area contributed by atoms with Gasteiger partial charge in [0.15, 0.2) is 5.76 Å². The lowest BCUT2D eigenvalue weighted by Crippen LogP contribution is -2.04. The molecule has 0 N–H and O–H groups in total. The maximum Gasteiger partial charge on any atom is 0.170 e. The lowest BCUT2D eigenvalue weighted by Gasteiger charge is -2.16. The number of benzene rings is 2. The average Bonchev–Trinajstić information content (AvgIpc) is 3.11. The van der Waals surface area contributed by atoms with Crippen LogP contribution in [0.4, 0.5) is 4.39 Å². The molecule has 0 fully saturated rings. The summed E-state index contributed by atoms with van der Waals surface area (Å²) in [7, 11) is 0. The van der Waals surface area contributed by atoms with Crippen molar-refractivity contribution in [2.24, 2.45) is 5.92 Å². The molecule has 0 atom stereocenters. The molecular formula is C24H24FNO. The van der Waals surface area contributed by atoms with Gasteiger partial charge in [-0.3, -0.25) is 0 Å². The Morgan fingerprint density at radius 2 is 2.00 bits per heavy atom. The fourth-order valence-electron chi connectivity index (χ4n) is 3.95. The Bertz CT molecular complexity index is 1000. The molecule has 2 nitrogen and oxygen atoms in total. The minimum absolute atomic E-state index is 0.459. The van der Waals surface area contributed by atoms with Crippen molar-refractivity contribution in [2.45, 2.75) is 39.8 Å². The van der Waals surface area contributed by atoms with Crippen LogP contribution in [-0.2, 0) is 25.9 Å².